The Morgan fingerprint density at radius 1 is 0.778 bits per heavy atom. The van der Waals surface area contributed by atoms with Crippen molar-refractivity contribution in [3.8, 4) is 11.1 Å². The van der Waals surface area contributed by atoms with Crippen LogP contribution in [-0.2, 0) is 0 Å². The number of rotatable bonds is 3. The maximum absolute atomic E-state index is 4.12. The summed E-state index contributed by atoms with van der Waals surface area (Å²) >= 11 is 0. The fourth-order valence-electron chi connectivity index (χ4n) is 2.40. The molecule has 0 amide bonds. The highest BCUT2D eigenvalue weighted by Gasteiger charge is 2.14. The van der Waals surface area contributed by atoms with Crippen LogP contribution in [0.2, 0.25) is 0 Å². The van der Waals surface area contributed by atoms with E-state index in [0.29, 0.717) is 11.8 Å². The third-order valence-electron chi connectivity index (χ3n) is 3.34. The summed E-state index contributed by atoms with van der Waals surface area (Å²) < 4.78 is 0. The van der Waals surface area contributed by atoms with E-state index in [4.69, 9.17) is 0 Å². The minimum atomic E-state index is 0.534. The molecule has 0 aliphatic carbocycles. The first-order chi connectivity index (χ1) is 8.61. The molecule has 1 nitrogen and oxygen atoms in total. The molecule has 0 radical (unpaired) electrons. The number of hydrogen-bond acceptors (Lipinski definition) is 1. The molecule has 0 aliphatic rings. The van der Waals surface area contributed by atoms with Crippen molar-refractivity contribution in [2.45, 2.75) is 39.5 Å². The number of nitrogens with zero attached hydrogens (tertiary/aromatic N) is 1. The van der Waals surface area contributed by atoms with E-state index in [1.165, 1.54) is 22.3 Å². The molecule has 0 bridgehead atoms. The molecule has 94 valence electrons. The number of pyridine rings is 1. The zero-order valence-electron chi connectivity index (χ0n) is 11.6. The van der Waals surface area contributed by atoms with E-state index in [-0.39, 0.29) is 0 Å². The van der Waals surface area contributed by atoms with Gasteiger partial charge in [0.25, 0.3) is 0 Å². The molecule has 1 heterocycles. The molecule has 0 atom stereocenters. The molecule has 0 aliphatic heterocycles. The van der Waals surface area contributed by atoms with Gasteiger partial charge >= 0.3 is 0 Å². The molecule has 2 aromatic rings. The van der Waals surface area contributed by atoms with E-state index in [9.17, 15) is 0 Å². The van der Waals surface area contributed by atoms with Crippen molar-refractivity contribution in [1.82, 2.24) is 4.98 Å². The van der Waals surface area contributed by atoms with Gasteiger partial charge in [-0.3, -0.25) is 4.98 Å². The fraction of sp³-hybridized carbons (Fsp3) is 0.353. The highest BCUT2D eigenvalue weighted by molar-refractivity contribution is 5.72. The Bertz CT molecular complexity index is 486. The molecular formula is C17H21N. The largest absolute Gasteiger partial charge is 0.265 e. The third-order valence-corrected chi connectivity index (χ3v) is 3.34. The van der Waals surface area contributed by atoms with Gasteiger partial charge in [-0.1, -0.05) is 45.9 Å². The van der Waals surface area contributed by atoms with Crippen molar-refractivity contribution >= 4 is 0 Å². The fourth-order valence-corrected chi connectivity index (χ4v) is 2.40. The van der Waals surface area contributed by atoms with Crippen molar-refractivity contribution < 1.29 is 0 Å². The zero-order chi connectivity index (χ0) is 13.1. The SMILES string of the molecule is CC(C)c1cccc(C(C)C)c1-c1ccncc1. The van der Waals surface area contributed by atoms with Gasteiger partial charge in [0.1, 0.15) is 0 Å². The van der Waals surface area contributed by atoms with Gasteiger partial charge in [0.05, 0.1) is 0 Å². The maximum atomic E-state index is 4.12. The van der Waals surface area contributed by atoms with Crippen LogP contribution in [0.15, 0.2) is 42.7 Å². The van der Waals surface area contributed by atoms with E-state index >= 15 is 0 Å². The number of hydrogen-bond donors (Lipinski definition) is 0. The van der Waals surface area contributed by atoms with Crippen LogP contribution < -0.4 is 0 Å². The zero-order valence-corrected chi connectivity index (χ0v) is 11.6. The van der Waals surface area contributed by atoms with Gasteiger partial charge in [0.15, 0.2) is 0 Å². The van der Waals surface area contributed by atoms with Crippen LogP contribution >= 0.6 is 0 Å². The van der Waals surface area contributed by atoms with Crippen LogP contribution in [0.3, 0.4) is 0 Å². The minimum Gasteiger partial charge on any atom is -0.265 e. The molecule has 1 aromatic carbocycles. The quantitative estimate of drug-likeness (QED) is 0.735. The molecule has 0 spiro atoms. The van der Waals surface area contributed by atoms with E-state index in [1.54, 1.807) is 0 Å². The first-order valence-electron chi connectivity index (χ1n) is 6.64. The Hall–Kier alpha value is -1.63. The summed E-state index contributed by atoms with van der Waals surface area (Å²) in [6.07, 6.45) is 3.74. The minimum absolute atomic E-state index is 0.534. The van der Waals surface area contributed by atoms with Crippen LogP contribution in [0.1, 0.15) is 50.7 Å². The van der Waals surface area contributed by atoms with E-state index in [0.717, 1.165) is 0 Å². The van der Waals surface area contributed by atoms with E-state index < -0.39 is 0 Å². The van der Waals surface area contributed by atoms with Crippen molar-refractivity contribution in [2.24, 2.45) is 0 Å². The lowest BCUT2D eigenvalue weighted by molar-refractivity contribution is 0.838. The summed E-state index contributed by atoms with van der Waals surface area (Å²) in [5, 5.41) is 0. The summed E-state index contributed by atoms with van der Waals surface area (Å²) in [7, 11) is 0. The Labute approximate surface area is 110 Å². The predicted octanol–water partition coefficient (Wildman–Crippen LogP) is 5.00. The Balaban J connectivity index is 2.69. The molecule has 0 fully saturated rings. The highest BCUT2D eigenvalue weighted by atomic mass is 14.6. The molecular weight excluding hydrogens is 218 g/mol. The van der Waals surface area contributed by atoms with Crippen molar-refractivity contribution in [3.05, 3.63) is 53.9 Å². The molecule has 0 unspecified atom stereocenters. The lowest BCUT2D eigenvalue weighted by atomic mass is 9.85. The molecule has 18 heavy (non-hydrogen) atoms. The Morgan fingerprint density at radius 2 is 1.28 bits per heavy atom. The lowest BCUT2D eigenvalue weighted by Crippen LogP contribution is -1.99. The smallest absolute Gasteiger partial charge is 0.0273 e. The van der Waals surface area contributed by atoms with Gasteiger partial charge in [-0.05, 0) is 46.2 Å². The summed E-state index contributed by atoms with van der Waals surface area (Å²) in [4.78, 5) is 4.12. The second-order valence-electron chi connectivity index (χ2n) is 5.36. The Morgan fingerprint density at radius 3 is 1.72 bits per heavy atom. The van der Waals surface area contributed by atoms with Gasteiger partial charge in [-0.25, -0.2) is 0 Å². The average molecular weight is 239 g/mol. The van der Waals surface area contributed by atoms with Gasteiger partial charge in [0.2, 0.25) is 0 Å². The molecule has 0 N–H and O–H groups in total. The van der Waals surface area contributed by atoms with Crippen LogP contribution in [0.4, 0.5) is 0 Å². The summed E-state index contributed by atoms with van der Waals surface area (Å²) in [6.45, 7) is 9.02. The Kier molecular flexibility index (Phi) is 3.81. The lowest BCUT2D eigenvalue weighted by Gasteiger charge is -2.19. The highest BCUT2D eigenvalue weighted by Crippen LogP contribution is 2.35. The standard InChI is InChI=1S/C17H21N/c1-12(2)15-6-5-7-16(13(3)4)17(15)14-8-10-18-11-9-14/h5-13H,1-4H3. The molecule has 1 aromatic heterocycles. The first kappa shape index (κ1) is 12.8. The van der Waals surface area contributed by atoms with E-state index in [2.05, 4.69) is 63.0 Å². The van der Waals surface area contributed by atoms with Crippen LogP contribution in [0.5, 0.6) is 0 Å². The number of benzene rings is 1. The van der Waals surface area contributed by atoms with Gasteiger partial charge < -0.3 is 0 Å². The molecule has 1 heteroatoms. The molecule has 0 saturated heterocycles. The monoisotopic (exact) mass is 239 g/mol. The molecule has 0 saturated carbocycles. The third kappa shape index (κ3) is 2.45. The van der Waals surface area contributed by atoms with Gasteiger partial charge in [0, 0.05) is 12.4 Å². The number of aromatic nitrogens is 1. The summed E-state index contributed by atoms with van der Waals surface area (Å²) in [5.74, 6) is 1.07. The summed E-state index contributed by atoms with van der Waals surface area (Å²) in [5.41, 5.74) is 5.52. The van der Waals surface area contributed by atoms with Gasteiger partial charge in [-0.2, -0.15) is 0 Å². The van der Waals surface area contributed by atoms with Crippen LogP contribution in [0.25, 0.3) is 11.1 Å². The van der Waals surface area contributed by atoms with Crippen molar-refractivity contribution in [1.29, 1.82) is 0 Å². The summed E-state index contributed by atoms with van der Waals surface area (Å²) in [6, 6.07) is 10.9. The van der Waals surface area contributed by atoms with Crippen LogP contribution in [-0.4, -0.2) is 4.98 Å². The normalized spacial score (nSPS) is 11.2. The van der Waals surface area contributed by atoms with Gasteiger partial charge in [-0.15, -0.1) is 0 Å². The average Bonchev–Trinajstić information content (AvgIpc) is 2.38. The topological polar surface area (TPSA) is 12.9 Å². The van der Waals surface area contributed by atoms with E-state index in [1.807, 2.05) is 12.4 Å². The van der Waals surface area contributed by atoms with Crippen molar-refractivity contribution in [2.75, 3.05) is 0 Å². The first-order valence-corrected chi connectivity index (χ1v) is 6.64. The molecule has 2 rings (SSSR count). The van der Waals surface area contributed by atoms with Crippen LogP contribution in [0, 0.1) is 0 Å². The second kappa shape index (κ2) is 5.34. The predicted molar refractivity (Wildman–Crippen MR) is 77.9 cm³/mol. The van der Waals surface area contributed by atoms with Crippen molar-refractivity contribution in [3.63, 3.8) is 0 Å². The second-order valence-corrected chi connectivity index (χ2v) is 5.36. The maximum Gasteiger partial charge on any atom is 0.0273 e.